The van der Waals surface area contributed by atoms with Crippen LogP contribution in [0.3, 0.4) is 0 Å². The monoisotopic (exact) mass is 402 g/mol. The highest BCUT2D eigenvalue weighted by molar-refractivity contribution is 7.92. The zero-order valence-corrected chi connectivity index (χ0v) is 16.0. The molecule has 3 amide bonds. The van der Waals surface area contributed by atoms with Crippen LogP contribution in [0.4, 0.5) is 10.5 Å². The van der Waals surface area contributed by atoms with Crippen molar-refractivity contribution in [2.24, 2.45) is 0 Å². The quantitative estimate of drug-likeness (QED) is 0.501. The van der Waals surface area contributed by atoms with Gasteiger partial charge in [0, 0.05) is 18.0 Å². The highest BCUT2D eigenvalue weighted by Crippen LogP contribution is 2.28. The van der Waals surface area contributed by atoms with E-state index in [4.69, 9.17) is 0 Å². The van der Waals surface area contributed by atoms with E-state index >= 15 is 0 Å². The number of anilines is 1. The number of carbonyl (C=O) groups excluding carboxylic acids is 2. The van der Waals surface area contributed by atoms with Crippen LogP contribution in [-0.2, 0) is 14.6 Å². The van der Waals surface area contributed by atoms with Gasteiger partial charge in [0.1, 0.15) is 0 Å². The fourth-order valence-electron chi connectivity index (χ4n) is 4.06. The first kappa shape index (κ1) is 18.7. The van der Waals surface area contributed by atoms with E-state index < -0.39 is 15.1 Å². The SMILES string of the molecule is O=C(CCCC[C@@H]1[C@H]2NC(=O)N[C@H]2CS1(=O)=O)Nc1cccc2ncccc12. The van der Waals surface area contributed by atoms with Crippen molar-refractivity contribution in [3.8, 4) is 0 Å². The molecule has 0 bridgehead atoms. The van der Waals surface area contributed by atoms with E-state index in [1.165, 1.54) is 0 Å². The lowest BCUT2D eigenvalue weighted by Crippen LogP contribution is -2.39. The van der Waals surface area contributed by atoms with Crippen molar-refractivity contribution >= 4 is 38.4 Å². The lowest BCUT2D eigenvalue weighted by atomic mass is 10.0. The molecule has 2 aliphatic rings. The number of nitrogens with zero attached hydrogens (tertiary/aromatic N) is 1. The standard InChI is InChI=1S/C19H22N4O4S/c24-17(21-14-7-3-6-13-12(14)5-4-10-20-13)9-2-1-8-16-18-15(11-28(16,26)27)22-19(25)23-18/h3-7,10,15-16,18H,1-2,8-9,11H2,(H,21,24)(H2,22,23,25)/t15-,16+,18-/m0/s1. The summed E-state index contributed by atoms with van der Waals surface area (Å²) in [5.41, 5.74) is 1.53. The second-order valence-corrected chi connectivity index (χ2v) is 9.55. The zero-order valence-electron chi connectivity index (χ0n) is 15.2. The van der Waals surface area contributed by atoms with Gasteiger partial charge in [-0.2, -0.15) is 0 Å². The number of nitrogens with one attached hydrogen (secondary N) is 3. The van der Waals surface area contributed by atoms with Gasteiger partial charge in [-0.3, -0.25) is 9.78 Å². The van der Waals surface area contributed by atoms with Gasteiger partial charge in [0.05, 0.1) is 34.3 Å². The first-order valence-corrected chi connectivity index (χ1v) is 11.1. The number of benzene rings is 1. The molecule has 8 nitrogen and oxygen atoms in total. The van der Waals surface area contributed by atoms with Gasteiger partial charge < -0.3 is 16.0 Å². The summed E-state index contributed by atoms with van der Waals surface area (Å²) in [6.07, 6.45) is 3.64. The Morgan fingerprint density at radius 2 is 2.04 bits per heavy atom. The molecule has 0 saturated carbocycles. The maximum absolute atomic E-state index is 12.3. The predicted molar refractivity (Wildman–Crippen MR) is 106 cm³/mol. The molecule has 1 aromatic carbocycles. The zero-order chi connectivity index (χ0) is 19.7. The Labute approximate surface area is 163 Å². The van der Waals surface area contributed by atoms with E-state index in [0.29, 0.717) is 25.7 Å². The summed E-state index contributed by atoms with van der Waals surface area (Å²) in [5.74, 6) is -0.129. The van der Waals surface area contributed by atoms with Gasteiger partial charge in [0.15, 0.2) is 9.84 Å². The fourth-order valence-corrected chi connectivity index (χ4v) is 6.33. The summed E-state index contributed by atoms with van der Waals surface area (Å²) >= 11 is 0. The summed E-state index contributed by atoms with van der Waals surface area (Å²) < 4.78 is 24.6. The van der Waals surface area contributed by atoms with Crippen LogP contribution in [0.15, 0.2) is 36.5 Å². The molecule has 0 aliphatic carbocycles. The van der Waals surface area contributed by atoms with Gasteiger partial charge >= 0.3 is 6.03 Å². The number of amides is 3. The number of fused-ring (bicyclic) bond motifs is 2. The first-order valence-electron chi connectivity index (χ1n) is 9.36. The van der Waals surface area contributed by atoms with Crippen molar-refractivity contribution in [2.75, 3.05) is 11.1 Å². The molecule has 2 fully saturated rings. The molecule has 3 atom stereocenters. The Bertz CT molecular complexity index is 1020. The van der Waals surface area contributed by atoms with Crippen LogP contribution in [0, 0.1) is 0 Å². The summed E-state index contributed by atoms with van der Waals surface area (Å²) in [4.78, 5) is 28.0. The Hall–Kier alpha value is -2.68. The number of hydrogen-bond donors (Lipinski definition) is 3. The first-order chi connectivity index (χ1) is 13.4. The number of urea groups is 1. The average Bonchev–Trinajstić information content (AvgIpc) is 3.10. The van der Waals surface area contributed by atoms with Crippen molar-refractivity contribution in [1.29, 1.82) is 0 Å². The minimum atomic E-state index is -3.23. The van der Waals surface area contributed by atoms with Crippen LogP contribution in [0.25, 0.3) is 10.9 Å². The summed E-state index contributed by atoms with van der Waals surface area (Å²) in [6.45, 7) is 0. The van der Waals surface area contributed by atoms with E-state index in [1.54, 1.807) is 6.20 Å². The third-order valence-corrected chi connectivity index (χ3v) is 7.66. The molecule has 0 unspecified atom stereocenters. The normalized spacial score (nSPS) is 25.1. The molecule has 4 rings (SSSR count). The van der Waals surface area contributed by atoms with Gasteiger partial charge in [-0.05, 0) is 37.1 Å². The van der Waals surface area contributed by atoms with Gasteiger partial charge in [-0.15, -0.1) is 0 Å². The number of hydrogen-bond acceptors (Lipinski definition) is 5. The van der Waals surface area contributed by atoms with Crippen LogP contribution in [-0.4, -0.2) is 48.4 Å². The van der Waals surface area contributed by atoms with Gasteiger partial charge in [0.2, 0.25) is 5.91 Å². The summed E-state index contributed by atoms with van der Waals surface area (Å²) in [5, 5.41) is 8.57. The molecule has 1 aromatic heterocycles. The topological polar surface area (TPSA) is 117 Å². The second kappa shape index (κ2) is 7.38. The molecular formula is C19H22N4O4S. The van der Waals surface area contributed by atoms with Crippen molar-refractivity contribution in [2.45, 2.75) is 43.0 Å². The van der Waals surface area contributed by atoms with Crippen molar-refractivity contribution in [3.05, 3.63) is 36.5 Å². The third kappa shape index (κ3) is 3.66. The average molecular weight is 402 g/mol. The largest absolute Gasteiger partial charge is 0.332 e. The van der Waals surface area contributed by atoms with Crippen molar-refractivity contribution in [1.82, 2.24) is 15.6 Å². The molecule has 0 radical (unpaired) electrons. The molecule has 2 aromatic rings. The van der Waals surface area contributed by atoms with Gasteiger partial charge in [-0.25, -0.2) is 13.2 Å². The Morgan fingerprint density at radius 1 is 1.18 bits per heavy atom. The van der Waals surface area contributed by atoms with Crippen LogP contribution in [0.1, 0.15) is 25.7 Å². The molecular weight excluding hydrogens is 380 g/mol. The maximum Gasteiger partial charge on any atom is 0.315 e. The molecule has 3 heterocycles. The second-order valence-electron chi connectivity index (χ2n) is 7.29. The number of carbonyl (C=O) groups is 2. The number of aromatic nitrogens is 1. The number of sulfone groups is 1. The number of unbranched alkanes of at least 4 members (excludes halogenated alkanes) is 1. The Kier molecular flexibility index (Phi) is 4.92. The van der Waals surface area contributed by atoms with E-state index in [1.807, 2.05) is 30.3 Å². The van der Waals surface area contributed by atoms with Crippen molar-refractivity contribution < 1.29 is 18.0 Å². The Morgan fingerprint density at radius 3 is 2.89 bits per heavy atom. The van der Waals surface area contributed by atoms with E-state index in [9.17, 15) is 18.0 Å². The van der Waals surface area contributed by atoms with Crippen LogP contribution < -0.4 is 16.0 Å². The maximum atomic E-state index is 12.3. The van der Waals surface area contributed by atoms with E-state index in [0.717, 1.165) is 16.6 Å². The predicted octanol–water partition coefficient (Wildman–Crippen LogP) is 1.58. The minimum Gasteiger partial charge on any atom is -0.332 e. The third-order valence-electron chi connectivity index (χ3n) is 5.38. The number of pyridine rings is 1. The van der Waals surface area contributed by atoms with E-state index in [2.05, 4.69) is 20.9 Å². The molecule has 28 heavy (non-hydrogen) atoms. The molecule has 0 spiro atoms. The minimum absolute atomic E-state index is 0.0172. The lowest BCUT2D eigenvalue weighted by Gasteiger charge is -2.16. The van der Waals surface area contributed by atoms with Crippen LogP contribution in [0.5, 0.6) is 0 Å². The molecule has 3 N–H and O–H groups in total. The van der Waals surface area contributed by atoms with Gasteiger partial charge in [0.25, 0.3) is 0 Å². The Balaban J connectivity index is 1.29. The van der Waals surface area contributed by atoms with Crippen LogP contribution in [0.2, 0.25) is 0 Å². The molecule has 148 valence electrons. The lowest BCUT2D eigenvalue weighted by molar-refractivity contribution is -0.116. The van der Waals surface area contributed by atoms with E-state index in [-0.39, 0.29) is 29.8 Å². The fraction of sp³-hybridized carbons (Fsp3) is 0.421. The summed E-state index contributed by atoms with van der Waals surface area (Å²) in [7, 11) is -3.23. The van der Waals surface area contributed by atoms with Crippen molar-refractivity contribution in [3.63, 3.8) is 0 Å². The highest BCUT2D eigenvalue weighted by atomic mass is 32.2. The smallest absolute Gasteiger partial charge is 0.315 e. The van der Waals surface area contributed by atoms with Gasteiger partial charge in [-0.1, -0.05) is 12.5 Å². The highest BCUT2D eigenvalue weighted by Gasteiger charge is 2.51. The number of rotatable bonds is 6. The molecule has 9 heteroatoms. The van der Waals surface area contributed by atoms with Crippen LogP contribution >= 0.6 is 0 Å². The summed E-state index contributed by atoms with van der Waals surface area (Å²) in [6, 6.07) is 8.28. The molecule has 2 saturated heterocycles. The molecule has 2 aliphatic heterocycles.